The van der Waals surface area contributed by atoms with Crippen LogP contribution in [0, 0.1) is 5.82 Å². The van der Waals surface area contributed by atoms with E-state index in [4.69, 9.17) is 4.74 Å². The van der Waals surface area contributed by atoms with Gasteiger partial charge in [0, 0.05) is 0 Å². The van der Waals surface area contributed by atoms with E-state index in [0.717, 1.165) is 25.7 Å². The van der Waals surface area contributed by atoms with E-state index >= 15 is 0 Å². The van der Waals surface area contributed by atoms with Gasteiger partial charge in [0.2, 0.25) is 0 Å². The number of para-hydroxylation sites is 1. The second-order valence-corrected chi connectivity index (χ2v) is 3.80. The summed E-state index contributed by atoms with van der Waals surface area (Å²) in [5.41, 5.74) is 0.144. The van der Waals surface area contributed by atoms with E-state index in [0.29, 0.717) is 6.61 Å². The first-order chi connectivity index (χ1) is 8.24. The number of rotatable bonds is 6. The van der Waals surface area contributed by atoms with Crippen molar-refractivity contribution in [2.24, 2.45) is 0 Å². The minimum absolute atomic E-state index is 0.144. The van der Waals surface area contributed by atoms with E-state index in [2.05, 4.69) is 12.2 Å². The van der Waals surface area contributed by atoms with Crippen LogP contribution in [-0.2, 0) is 4.74 Å². The number of benzene rings is 1. The highest BCUT2D eigenvalue weighted by molar-refractivity contribution is 5.84. The number of nitrogens with one attached hydrogen (secondary N) is 1. The Morgan fingerprint density at radius 2 is 2.06 bits per heavy atom. The molecular weight excluding hydrogens is 221 g/mol. The molecule has 1 rings (SSSR count). The standard InChI is InChI=1S/C13H18FNO2/c1-2-3-4-7-10-17-13(16)15-12-9-6-5-8-11(12)14/h5-6,8-9H,2-4,7,10H2,1H3,(H,15,16). The molecule has 1 aromatic carbocycles. The lowest BCUT2D eigenvalue weighted by Gasteiger charge is -2.07. The Kier molecular flexibility index (Phi) is 6.07. The summed E-state index contributed by atoms with van der Waals surface area (Å²) >= 11 is 0. The monoisotopic (exact) mass is 239 g/mol. The molecule has 0 aliphatic rings. The van der Waals surface area contributed by atoms with Crippen molar-refractivity contribution >= 4 is 11.8 Å². The molecule has 0 unspecified atom stereocenters. The molecule has 1 aromatic rings. The number of ether oxygens (including phenoxy) is 1. The van der Waals surface area contributed by atoms with Crippen LogP contribution >= 0.6 is 0 Å². The fourth-order valence-corrected chi connectivity index (χ4v) is 1.40. The highest BCUT2D eigenvalue weighted by Crippen LogP contribution is 2.12. The maximum atomic E-state index is 13.2. The summed E-state index contributed by atoms with van der Waals surface area (Å²) in [6.45, 7) is 2.49. The number of carbonyl (C=O) groups excluding carboxylic acids is 1. The number of hydrogen-bond donors (Lipinski definition) is 1. The van der Waals surface area contributed by atoms with Gasteiger partial charge < -0.3 is 4.74 Å². The van der Waals surface area contributed by atoms with E-state index in [9.17, 15) is 9.18 Å². The van der Waals surface area contributed by atoms with Gasteiger partial charge >= 0.3 is 6.09 Å². The average Bonchev–Trinajstić information content (AvgIpc) is 2.32. The zero-order valence-corrected chi connectivity index (χ0v) is 10.0. The molecule has 0 aliphatic carbocycles. The van der Waals surface area contributed by atoms with Crippen molar-refractivity contribution in [1.29, 1.82) is 0 Å². The first-order valence-corrected chi connectivity index (χ1v) is 5.92. The Balaban J connectivity index is 2.23. The summed E-state index contributed by atoms with van der Waals surface area (Å²) in [6.07, 6.45) is 3.56. The highest BCUT2D eigenvalue weighted by atomic mass is 19.1. The van der Waals surface area contributed by atoms with Crippen molar-refractivity contribution in [3.05, 3.63) is 30.1 Å². The average molecular weight is 239 g/mol. The van der Waals surface area contributed by atoms with Crippen LogP contribution in [0.3, 0.4) is 0 Å². The van der Waals surface area contributed by atoms with Crippen molar-refractivity contribution in [3.63, 3.8) is 0 Å². The molecule has 3 nitrogen and oxygen atoms in total. The molecule has 0 atom stereocenters. The molecule has 0 heterocycles. The third-order valence-electron chi connectivity index (χ3n) is 2.34. The Bertz CT molecular complexity index is 355. The first-order valence-electron chi connectivity index (χ1n) is 5.92. The molecule has 4 heteroatoms. The fraction of sp³-hybridized carbons (Fsp3) is 0.462. The van der Waals surface area contributed by atoms with Gasteiger partial charge in [-0.15, -0.1) is 0 Å². The molecule has 0 saturated heterocycles. The maximum absolute atomic E-state index is 13.2. The molecule has 94 valence electrons. The van der Waals surface area contributed by atoms with Gasteiger partial charge in [-0.05, 0) is 18.6 Å². The van der Waals surface area contributed by atoms with Gasteiger partial charge in [0.25, 0.3) is 0 Å². The zero-order chi connectivity index (χ0) is 12.5. The summed E-state index contributed by atoms with van der Waals surface area (Å²) in [5.74, 6) is -0.463. The molecule has 1 N–H and O–H groups in total. The van der Waals surface area contributed by atoms with Crippen molar-refractivity contribution in [2.45, 2.75) is 32.6 Å². The van der Waals surface area contributed by atoms with Crippen molar-refractivity contribution in [3.8, 4) is 0 Å². The van der Waals surface area contributed by atoms with Gasteiger partial charge in [-0.3, -0.25) is 5.32 Å². The van der Waals surface area contributed by atoms with Gasteiger partial charge in [0.05, 0.1) is 12.3 Å². The molecule has 0 bridgehead atoms. The molecule has 0 saturated carbocycles. The third kappa shape index (κ3) is 5.33. The number of amides is 1. The molecule has 0 fully saturated rings. The van der Waals surface area contributed by atoms with Crippen LogP contribution in [0.15, 0.2) is 24.3 Å². The topological polar surface area (TPSA) is 38.3 Å². The number of anilines is 1. The van der Waals surface area contributed by atoms with Gasteiger partial charge in [-0.25, -0.2) is 9.18 Å². The van der Waals surface area contributed by atoms with Crippen LogP contribution in [0.2, 0.25) is 0 Å². The summed E-state index contributed by atoms with van der Waals surface area (Å²) < 4.78 is 18.1. The Hall–Kier alpha value is -1.58. The lowest BCUT2D eigenvalue weighted by atomic mass is 10.2. The van der Waals surface area contributed by atoms with Crippen molar-refractivity contribution in [2.75, 3.05) is 11.9 Å². The van der Waals surface area contributed by atoms with Gasteiger partial charge in [-0.2, -0.15) is 0 Å². The number of halogens is 1. The molecule has 0 spiro atoms. The minimum atomic E-state index is -0.605. The van der Waals surface area contributed by atoms with Crippen LogP contribution in [0.1, 0.15) is 32.6 Å². The maximum Gasteiger partial charge on any atom is 0.411 e. The quantitative estimate of drug-likeness (QED) is 0.763. The summed E-state index contributed by atoms with van der Waals surface area (Å²) in [5, 5.41) is 2.36. The van der Waals surface area contributed by atoms with Crippen molar-refractivity contribution < 1.29 is 13.9 Å². The third-order valence-corrected chi connectivity index (χ3v) is 2.34. The first kappa shape index (κ1) is 13.5. The van der Waals surface area contributed by atoms with E-state index in [1.54, 1.807) is 12.1 Å². The van der Waals surface area contributed by atoms with Crippen LogP contribution in [0.25, 0.3) is 0 Å². The molecule has 0 aromatic heterocycles. The molecule has 0 radical (unpaired) electrons. The molecule has 1 amide bonds. The summed E-state index contributed by atoms with van der Waals surface area (Å²) in [7, 11) is 0. The number of unbranched alkanes of at least 4 members (excludes halogenated alkanes) is 3. The Morgan fingerprint density at radius 1 is 1.29 bits per heavy atom. The normalized spacial score (nSPS) is 10.0. The van der Waals surface area contributed by atoms with E-state index in [1.807, 2.05) is 0 Å². The number of carbonyl (C=O) groups is 1. The predicted molar refractivity (Wildman–Crippen MR) is 65.5 cm³/mol. The summed E-state index contributed by atoms with van der Waals surface area (Å²) in [4.78, 5) is 11.3. The van der Waals surface area contributed by atoms with E-state index in [-0.39, 0.29) is 5.69 Å². The summed E-state index contributed by atoms with van der Waals surface area (Å²) in [6, 6.07) is 6.00. The second-order valence-electron chi connectivity index (χ2n) is 3.80. The zero-order valence-electron chi connectivity index (χ0n) is 10.0. The van der Waals surface area contributed by atoms with Gasteiger partial charge in [0.15, 0.2) is 0 Å². The SMILES string of the molecule is CCCCCCOC(=O)Nc1ccccc1F. The largest absolute Gasteiger partial charge is 0.449 e. The van der Waals surface area contributed by atoms with Crippen LogP contribution in [0.4, 0.5) is 14.9 Å². The number of hydrogen-bond acceptors (Lipinski definition) is 2. The van der Waals surface area contributed by atoms with Crippen LogP contribution < -0.4 is 5.32 Å². The lowest BCUT2D eigenvalue weighted by molar-refractivity contribution is 0.159. The molecular formula is C13H18FNO2. The second kappa shape index (κ2) is 7.65. The fourth-order valence-electron chi connectivity index (χ4n) is 1.40. The lowest BCUT2D eigenvalue weighted by Crippen LogP contribution is -2.15. The minimum Gasteiger partial charge on any atom is -0.449 e. The Labute approximate surface area is 101 Å². The van der Waals surface area contributed by atoms with Crippen LogP contribution in [0.5, 0.6) is 0 Å². The van der Waals surface area contributed by atoms with Crippen LogP contribution in [-0.4, -0.2) is 12.7 Å². The predicted octanol–water partition coefficient (Wildman–Crippen LogP) is 3.95. The Morgan fingerprint density at radius 3 is 2.76 bits per heavy atom. The van der Waals surface area contributed by atoms with Gasteiger partial charge in [0.1, 0.15) is 5.82 Å². The molecule has 0 aliphatic heterocycles. The highest BCUT2D eigenvalue weighted by Gasteiger charge is 2.06. The van der Waals surface area contributed by atoms with E-state index < -0.39 is 11.9 Å². The smallest absolute Gasteiger partial charge is 0.411 e. The molecule has 17 heavy (non-hydrogen) atoms. The van der Waals surface area contributed by atoms with Crippen molar-refractivity contribution in [1.82, 2.24) is 0 Å². The van der Waals surface area contributed by atoms with Gasteiger partial charge in [-0.1, -0.05) is 38.3 Å². The van der Waals surface area contributed by atoms with E-state index in [1.165, 1.54) is 12.1 Å².